The van der Waals surface area contributed by atoms with Gasteiger partial charge in [-0.05, 0) is 69.3 Å². The molecule has 1 saturated heterocycles. The third-order valence-electron chi connectivity index (χ3n) is 5.08. The van der Waals surface area contributed by atoms with E-state index in [1.807, 2.05) is 43.3 Å². The number of hydrogen-bond donors (Lipinski definition) is 3. The van der Waals surface area contributed by atoms with E-state index in [1.54, 1.807) is 19.4 Å². The number of anilines is 4. The highest BCUT2D eigenvalue weighted by Crippen LogP contribution is 2.29. The van der Waals surface area contributed by atoms with Gasteiger partial charge in [-0.3, -0.25) is 0 Å². The molecule has 2 aromatic carbocycles. The minimum atomic E-state index is 0.278. The summed E-state index contributed by atoms with van der Waals surface area (Å²) in [6.45, 7) is 3.97. The van der Waals surface area contributed by atoms with Gasteiger partial charge in [-0.1, -0.05) is 11.6 Å². The van der Waals surface area contributed by atoms with Gasteiger partial charge in [-0.2, -0.15) is 4.98 Å². The smallest absolute Gasteiger partial charge is 0.229 e. The van der Waals surface area contributed by atoms with Crippen molar-refractivity contribution in [2.45, 2.75) is 25.9 Å². The van der Waals surface area contributed by atoms with Gasteiger partial charge in [-0.25, -0.2) is 4.98 Å². The summed E-state index contributed by atoms with van der Waals surface area (Å²) in [7, 11) is 1.59. The van der Waals surface area contributed by atoms with Crippen molar-refractivity contribution in [1.29, 1.82) is 0 Å². The maximum absolute atomic E-state index is 6.11. The highest BCUT2D eigenvalue weighted by atomic mass is 35.5. The number of aromatic nitrogens is 2. The molecule has 31 heavy (non-hydrogen) atoms. The molecule has 0 aliphatic carbocycles. The van der Waals surface area contributed by atoms with E-state index in [9.17, 15) is 0 Å². The fourth-order valence-corrected chi connectivity index (χ4v) is 3.55. The summed E-state index contributed by atoms with van der Waals surface area (Å²) in [5.41, 5.74) is 2.64. The first-order valence-electron chi connectivity index (χ1n) is 10.3. The van der Waals surface area contributed by atoms with E-state index in [-0.39, 0.29) is 6.10 Å². The van der Waals surface area contributed by atoms with Crippen LogP contribution in [0.1, 0.15) is 18.4 Å². The number of methoxy groups -OCH3 is 1. The molecule has 8 heteroatoms. The quantitative estimate of drug-likeness (QED) is 0.474. The summed E-state index contributed by atoms with van der Waals surface area (Å²) in [6, 6.07) is 13.4. The van der Waals surface area contributed by atoms with E-state index < -0.39 is 0 Å². The van der Waals surface area contributed by atoms with Crippen LogP contribution in [0.5, 0.6) is 11.5 Å². The molecule has 1 aliphatic rings. The minimum absolute atomic E-state index is 0.278. The van der Waals surface area contributed by atoms with Crippen LogP contribution in [0.4, 0.5) is 23.1 Å². The first-order chi connectivity index (χ1) is 15.1. The molecule has 0 unspecified atom stereocenters. The first kappa shape index (κ1) is 21.2. The zero-order chi connectivity index (χ0) is 21.6. The number of hydrogen-bond acceptors (Lipinski definition) is 7. The predicted molar refractivity (Wildman–Crippen MR) is 124 cm³/mol. The zero-order valence-corrected chi connectivity index (χ0v) is 18.4. The number of nitrogens with one attached hydrogen (secondary N) is 3. The van der Waals surface area contributed by atoms with Crippen molar-refractivity contribution < 1.29 is 9.47 Å². The van der Waals surface area contributed by atoms with Gasteiger partial charge < -0.3 is 25.4 Å². The predicted octanol–water partition coefficient (Wildman–Crippen LogP) is 5.07. The van der Waals surface area contributed by atoms with Crippen LogP contribution in [0.25, 0.3) is 0 Å². The Balaban J connectivity index is 1.43. The SMILES string of the molecule is COc1cc(Nc2nc(Nc3ccc(OC4CCNCC4)cc3)ncc2C)ccc1Cl. The Morgan fingerprint density at radius 3 is 2.52 bits per heavy atom. The van der Waals surface area contributed by atoms with Gasteiger partial charge in [0.05, 0.1) is 12.1 Å². The molecule has 1 aromatic heterocycles. The Labute approximate surface area is 187 Å². The largest absolute Gasteiger partial charge is 0.495 e. The number of benzene rings is 2. The molecular formula is C23H26ClN5O2. The Bertz CT molecular complexity index is 1020. The van der Waals surface area contributed by atoms with Crippen molar-refractivity contribution in [2.24, 2.45) is 0 Å². The third-order valence-corrected chi connectivity index (χ3v) is 5.40. The minimum Gasteiger partial charge on any atom is -0.495 e. The standard InChI is InChI=1S/C23H26ClN5O2/c1-15-14-26-23(29-22(15)27-17-5-8-20(24)21(13-17)30-2)28-16-3-6-18(7-4-16)31-19-9-11-25-12-10-19/h3-8,13-14,19,25H,9-12H2,1-2H3,(H2,26,27,28,29). The normalized spacial score (nSPS) is 14.2. The van der Waals surface area contributed by atoms with Crippen LogP contribution in [-0.2, 0) is 0 Å². The molecule has 0 bridgehead atoms. The lowest BCUT2D eigenvalue weighted by atomic mass is 10.1. The van der Waals surface area contributed by atoms with Crippen molar-refractivity contribution in [2.75, 3.05) is 30.8 Å². The Kier molecular flexibility index (Phi) is 6.74. The van der Waals surface area contributed by atoms with Crippen molar-refractivity contribution in [3.8, 4) is 11.5 Å². The Morgan fingerprint density at radius 2 is 1.77 bits per heavy atom. The molecule has 0 radical (unpaired) electrons. The summed E-state index contributed by atoms with van der Waals surface area (Å²) in [5, 5.41) is 10.5. The number of piperidine rings is 1. The summed E-state index contributed by atoms with van der Waals surface area (Å²) in [5.74, 6) is 2.68. The van der Waals surface area contributed by atoms with Crippen molar-refractivity contribution in [1.82, 2.24) is 15.3 Å². The topological polar surface area (TPSA) is 80.3 Å². The average Bonchev–Trinajstić information content (AvgIpc) is 2.79. The highest BCUT2D eigenvalue weighted by Gasteiger charge is 2.14. The average molecular weight is 440 g/mol. The molecule has 2 heterocycles. The monoisotopic (exact) mass is 439 g/mol. The number of ether oxygens (including phenoxy) is 2. The molecule has 4 rings (SSSR count). The van der Waals surface area contributed by atoms with E-state index in [2.05, 4.69) is 25.9 Å². The summed E-state index contributed by atoms with van der Waals surface area (Å²) >= 11 is 6.11. The second-order valence-corrected chi connectivity index (χ2v) is 7.82. The second-order valence-electron chi connectivity index (χ2n) is 7.42. The number of aryl methyl sites for hydroxylation is 1. The van der Waals surface area contributed by atoms with Gasteiger partial charge >= 0.3 is 0 Å². The molecule has 162 valence electrons. The second kappa shape index (κ2) is 9.85. The molecule has 7 nitrogen and oxygen atoms in total. The molecule has 1 aliphatic heterocycles. The number of rotatable bonds is 7. The van der Waals surface area contributed by atoms with Crippen LogP contribution in [0.3, 0.4) is 0 Å². The van der Waals surface area contributed by atoms with Gasteiger partial charge in [0.15, 0.2) is 0 Å². The van der Waals surface area contributed by atoms with Gasteiger partial charge in [0.1, 0.15) is 23.4 Å². The number of nitrogens with zero attached hydrogens (tertiary/aromatic N) is 2. The lowest BCUT2D eigenvalue weighted by Gasteiger charge is -2.23. The Hall–Kier alpha value is -3.03. The summed E-state index contributed by atoms with van der Waals surface area (Å²) < 4.78 is 11.3. The van der Waals surface area contributed by atoms with Crippen molar-refractivity contribution >= 4 is 34.7 Å². The van der Waals surface area contributed by atoms with Crippen LogP contribution in [0.15, 0.2) is 48.7 Å². The third kappa shape index (κ3) is 5.57. The van der Waals surface area contributed by atoms with Gasteiger partial charge in [-0.15, -0.1) is 0 Å². The molecule has 1 fully saturated rings. The van der Waals surface area contributed by atoms with Crippen molar-refractivity contribution in [3.05, 3.63) is 59.2 Å². The lowest BCUT2D eigenvalue weighted by Crippen LogP contribution is -2.34. The Morgan fingerprint density at radius 1 is 1.03 bits per heavy atom. The van der Waals surface area contributed by atoms with Crippen LogP contribution in [-0.4, -0.2) is 36.3 Å². The molecule has 0 amide bonds. The van der Waals surface area contributed by atoms with Crippen LogP contribution >= 0.6 is 11.6 Å². The summed E-state index contributed by atoms with van der Waals surface area (Å²) in [4.78, 5) is 9.00. The highest BCUT2D eigenvalue weighted by molar-refractivity contribution is 6.32. The van der Waals surface area contributed by atoms with E-state index in [0.29, 0.717) is 22.5 Å². The molecular weight excluding hydrogens is 414 g/mol. The molecule has 3 N–H and O–H groups in total. The molecule has 0 spiro atoms. The van der Waals surface area contributed by atoms with Gasteiger partial charge in [0.2, 0.25) is 5.95 Å². The fraction of sp³-hybridized carbons (Fsp3) is 0.304. The van der Waals surface area contributed by atoms with Crippen LogP contribution < -0.4 is 25.4 Å². The van der Waals surface area contributed by atoms with Gasteiger partial charge in [0, 0.05) is 29.2 Å². The zero-order valence-electron chi connectivity index (χ0n) is 17.6. The van der Waals surface area contributed by atoms with Gasteiger partial charge in [0.25, 0.3) is 0 Å². The van der Waals surface area contributed by atoms with E-state index in [1.165, 1.54) is 0 Å². The molecule has 0 atom stereocenters. The molecule has 3 aromatic rings. The molecule has 0 saturated carbocycles. The number of halogens is 1. The van der Waals surface area contributed by atoms with E-state index in [4.69, 9.17) is 21.1 Å². The maximum atomic E-state index is 6.11. The summed E-state index contributed by atoms with van der Waals surface area (Å²) in [6.07, 6.45) is 4.12. The van der Waals surface area contributed by atoms with Crippen molar-refractivity contribution in [3.63, 3.8) is 0 Å². The fourth-order valence-electron chi connectivity index (χ4n) is 3.35. The first-order valence-corrected chi connectivity index (χ1v) is 10.7. The lowest BCUT2D eigenvalue weighted by molar-refractivity contribution is 0.162. The van der Waals surface area contributed by atoms with E-state index >= 15 is 0 Å². The van der Waals surface area contributed by atoms with E-state index in [0.717, 1.165) is 48.6 Å². The van der Waals surface area contributed by atoms with Crippen LogP contribution in [0.2, 0.25) is 5.02 Å². The maximum Gasteiger partial charge on any atom is 0.229 e. The van der Waals surface area contributed by atoms with Crippen LogP contribution in [0, 0.1) is 6.92 Å².